The van der Waals surface area contributed by atoms with Gasteiger partial charge in [-0.1, -0.05) is 63.7 Å². The molecule has 0 N–H and O–H groups in total. The summed E-state index contributed by atoms with van der Waals surface area (Å²) in [6.07, 6.45) is 37.4. The highest BCUT2D eigenvalue weighted by molar-refractivity contribution is 4.98. The fourth-order valence-electron chi connectivity index (χ4n) is 8.42. The second kappa shape index (κ2) is 13.5. The van der Waals surface area contributed by atoms with Crippen molar-refractivity contribution in [2.45, 2.75) is 135 Å². The van der Waals surface area contributed by atoms with Crippen molar-refractivity contribution >= 4 is 0 Å². The Hall–Kier alpha value is -0.520. The summed E-state index contributed by atoms with van der Waals surface area (Å²) < 4.78 is 0. The van der Waals surface area contributed by atoms with Crippen LogP contribution in [0.4, 0.5) is 0 Å². The van der Waals surface area contributed by atoms with Crippen molar-refractivity contribution in [3.8, 4) is 0 Å². The van der Waals surface area contributed by atoms with Gasteiger partial charge in [0.1, 0.15) is 0 Å². The van der Waals surface area contributed by atoms with Gasteiger partial charge in [-0.2, -0.15) is 0 Å². The molecule has 0 atom stereocenters. The third-order valence-corrected chi connectivity index (χ3v) is 10.9. The molecule has 188 valence electrons. The van der Waals surface area contributed by atoms with Crippen LogP contribution in [-0.2, 0) is 0 Å². The third-order valence-electron chi connectivity index (χ3n) is 10.9. The van der Waals surface area contributed by atoms with E-state index in [-0.39, 0.29) is 0 Å². The Kier molecular flexibility index (Phi) is 10.5. The van der Waals surface area contributed by atoms with Gasteiger partial charge < -0.3 is 0 Å². The zero-order valence-electron chi connectivity index (χ0n) is 22.2. The van der Waals surface area contributed by atoms with Crippen molar-refractivity contribution in [2.75, 3.05) is 0 Å². The molecule has 0 nitrogen and oxygen atoms in total. The Balaban J connectivity index is 1.09. The van der Waals surface area contributed by atoms with Gasteiger partial charge in [-0.25, -0.2) is 0 Å². The standard InChI is InChI=1S/C33H56/c1-3-5-6-7-27-12-20-31(21-13-27)33-24-16-29(17-25-33)9-8-28-14-22-32(23-15-28)30-18-10-26(4-2)11-19-30/h4,8-9,26-33H,2-3,5-7,10-25H2,1H3/b9-8+. The zero-order valence-corrected chi connectivity index (χ0v) is 22.2. The predicted octanol–water partition coefficient (Wildman–Crippen LogP) is 10.5. The monoisotopic (exact) mass is 452 g/mol. The highest BCUT2D eigenvalue weighted by Crippen LogP contribution is 2.44. The van der Waals surface area contributed by atoms with Gasteiger partial charge in [0.2, 0.25) is 0 Å². The molecule has 0 aromatic carbocycles. The molecule has 0 unspecified atom stereocenters. The number of hydrogen-bond acceptors (Lipinski definition) is 0. The van der Waals surface area contributed by atoms with Gasteiger partial charge in [-0.05, 0) is 137 Å². The summed E-state index contributed by atoms with van der Waals surface area (Å²) in [4.78, 5) is 0. The number of rotatable bonds is 9. The SMILES string of the molecule is C=CC1CCC(C2CCC(/C=C/C3CCC(C4CCC(CCCCC)CC4)CC3)CC2)CC1. The molecule has 0 heteroatoms. The lowest BCUT2D eigenvalue weighted by molar-refractivity contribution is 0.151. The third kappa shape index (κ3) is 7.73. The fourth-order valence-corrected chi connectivity index (χ4v) is 8.42. The van der Waals surface area contributed by atoms with Crippen LogP contribution in [0.2, 0.25) is 0 Å². The summed E-state index contributed by atoms with van der Waals surface area (Å²) in [7, 11) is 0. The van der Waals surface area contributed by atoms with Gasteiger partial charge in [0.05, 0.1) is 0 Å². The van der Waals surface area contributed by atoms with E-state index >= 15 is 0 Å². The lowest BCUT2D eigenvalue weighted by atomic mass is 9.68. The molecule has 4 aliphatic rings. The molecule has 0 saturated heterocycles. The minimum absolute atomic E-state index is 0.821. The topological polar surface area (TPSA) is 0 Å². The van der Waals surface area contributed by atoms with E-state index in [1.165, 1.54) is 103 Å². The first-order chi connectivity index (χ1) is 16.2. The fraction of sp³-hybridized carbons (Fsp3) is 0.879. The van der Waals surface area contributed by atoms with Crippen LogP contribution >= 0.6 is 0 Å². The van der Waals surface area contributed by atoms with E-state index in [4.69, 9.17) is 0 Å². The average Bonchev–Trinajstić information content (AvgIpc) is 2.89. The van der Waals surface area contributed by atoms with Crippen LogP contribution in [0, 0.1) is 47.3 Å². The maximum Gasteiger partial charge on any atom is -0.0233 e. The molecular formula is C33H56. The Morgan fingerprint density at radius 1 is 0.515 bits per heavy atom. The lowest BCUT2D eigenvalue weighted by Crippen LogP contribution is -2.26. The van der Waals surface area contributed by atoms with Crippen molar-refractivity contribution < 1.29 is 0 Å². The van der Waals surface area contributed by atoms with Crippen LogP contribution in [0.5, 0.6) is 0 Å². The average molecular weight is 453 g/mol. The van der Waals surface area contributed by atoms with E-state index in [0.717, 1.165) is 47.3 Å². The Morgan fingerprint density at radius 3 is 1.30 bits per heavy atom. The molecule has 0 aliphatic heterocycles. The largest absolute Gasteiger partial charge is 0.103 e. The predicted molar refractivity (Wildman–Crippen MR) is 145 cm³/mol. The van der Waals surface area contributed by atoms with Crippen molar-refractivity contribution in [3.05, 3.63) is 24.8 Å². The van der Waals surface area contributed by atoms with E-state index < -0.39 is 0 Å². The van der Waals surface area contributed by atoms with Crippen LogP contribution in [0.3, 0.4) is 0 Å². The van der Waals surface area contributed by atoms with Crippen LogP contribution in [0.15, 0.2) is 24.8 Å². The molecule has 4 aliphatic carbocycles. The quantitative estimate of drug-likeness (QED) is 0.241. The number of allylic oxidation sites excluding steroid dienone is 3. The summed E-state index contributed by atoms with van der Waals surface area (Å²) in [5, 5.41) is 0. The van der Waals surface area contributed by atoms with Gasteiger partial charge in [0.15, 0.2) is 0 Å². The smallest absolute Gasteiger partial charge is 0.0233 e. The van der Waals surface area contributed by atoms with Gasteiger partial charge in [-0.15, -0.1) is 6.58 Å². The minimum atomic E-state index is 0.821. The summed E-state index contributed by atoms with van der Waals surface area (Å²) in [5.41, 5.74) is 0. The first-order valence-corrected chi connectivity index (χ1v) is 15.6. The molecule has 0 amide bonds. The first kappa shape index (κ1) is 25.6. The Morgan fingerprint density at radius 2 is 0.909 bits per heavy atom. The molecule has 0 aromatic rings. The molecule has 0 heterocycles. The number of hydrogen-bond donors (Lipinski definition) is 0. The van der Waals surface area contributed by atoms with E-state index in [0.29, 0.717) is 0 Å². The van der Waals surface area contributed by atoms with Gasteiger partial charge >= 0.3 is 0 Å². The summed E-state index contributed by atoms with van der Waals surface area (Å²) in [6.45, 7) is 6.36. The molecule has 0 bridgehead atoms. The van der Waals surface area contributed by atoms with E-state index in [1.807, 2.05) is 0 Å². The van der Waals surface area contributed by atoms with Crippen LogP contribution in [0.1, 0.15) is 135 Å². The van der Waals surface area contributed by atoms with Crippen LogP contribution < -0.4 is 0 Å². The van der Waals surface area contributed by atoms with E-state index in [1.54, 1.807) is 25.7 Å². The van der Waals surface area contributed by atoms with Crippen molar-refractivity contribution in [1.29, 1.82) is 0 Å². The molecule has 0 radical (unpaired) electrons. The summed E-state index contributed by atoms with van der Waals surface area (Å²) in [5.74, 6) is 7.91. The Labute approximate surface area is 207 Å². The molecule has 0 aromatic heterocycles. The lowest BCUT2D eigenvalue weighted by Gasteiger charge is -2.38. The second-order valence-electron chi connectivity index (χ2n) is 12.9. The van der Waals surface area contributed by atoms with Crippen LogP contribution in [0.25, 0.3) is 0 Å². The normalized spacial score (nSPS) is 40.6. The summed E-state index contributed by atoms with van der Waals surface area (Å²) in [6, 6.07) is 0. The molecular weight excluding hydrogens is 396 g/mol. The van der Waals surface area contributed by atoms with Gasteiger partial charge in [0.25, 0.3) is 0 Å². The minimum Gasteiger partial charge on any atom is -0.103 e. The molecule has 33 heavy (non-hydrogen) atoms. The second-order valence-corrected chi connectivity index (χ2v) is 12.9. The van der Waals surface area contributed by atoms with Gasteiger partial charge in [0, 0.05) is 0 Å². The highest BCUT2D eigenvalue weighted by atomic mass is 14.4. The first-order valence-electron chi connectivity index (χ1n) is 15.6. The van der Waals surface area contributed by atoms with E-state index in [2.05, 4.69) is 31.7 Å². The maximum absolute atomic E-state index is 4.02. The van der Waals surface area contributed by atoms with Crippen molar-refractivity contribution in [3.63, 3.8) is 0 Å². The van der Waals surface area contributed by atoms with Crippen LogP contribution in [-0.4, -0.2) is 0 Å². The van der Waals surface area contributed by atoms with Gasteiger partial charge in [-0.3, -0.25) is 0 Å². The van der Waals surface area contributed by atoms with E-state index in [9.17, 15) is 0 Å². The molecule has 4 rings (SSSR count). The Bertz CT molecular complexity index is 555. The van der Waals surface area contributed by atoms with Crippen molar-refractivity contribution in [1.82, 2.24) is 0 Å². The number of unbranched alkanes of at least 4 members (excludes halogenated alkanes) is 2. The zero-order chi connectivity index (χ0) is 22.9. The van der Waals surface area contributed by atoms with Crippen molar-refractivity contribution in [2.24, 2.45) is 47.3 Å². The summed E-state index contributed by atoms with van der Waals surface area (Å²) >= 11 is 0. The maximum atomic E-state index is 4.02. The molecule has 4 saturated carbocycles. The molecule has 4 fully saturated rings. The highest BCUT2D eigenvalue weighted by Gasteiger charge is 2.31. The molecule has 0 spiro atoms.